The number of aliphatic imine (C=N–C) groups is 1. The summed E-state index contributed by atoms with van der Waals surface area (Å²) in [6.45, 7) is 2.17. The molecule has 25 heavy (non-hydrogen) atoms. The lowest BCUT2D eigenvalue weighted by Crippen LogP contribution is -2.35. The van der Waals surface area contributed by atoms with Crippen molar-refractivity contribution in [2.75, 3.05) is 5.75 Å². The Balaban J connectivity index is 1.80. The van der Waals surface area contributed by atoms with Crippen LogP contribution in [0.1, 0.15) is 36.7 Å². The Hall–Kier alpha value is -2.41. The predicted molar refractivity (Wildman–Crippen MR) is 98.6 cm³/mol. The fourth-order valence-electron chi connectivity index (χ4n) is 3.53. The van der Waals surface area contributed by atoms with Gasteiger partial charge in [0.15, 0.2) is 5.17 Å². The molecular weight excluding hydrogens is 336 g/mol. The second-order valence-electron chi connectivity index (χ2n) is 6.19. The molecule has 0 spiro atoms. The molecule has 1 fully saturated rings. The van der Waals surface area contributed by atoms with E-state index in [9.17, 15) is 10.1 Å². The van der Waals surface area contributed by atoms with E-state index in [0.717, 1.165) is 28.6 Å². The highest BCUT2D eigenvalue weighted by Crippen LogP contribution is 2.48. The second kappa shape index (κ2) is 6.48. The average Bonchev–Trinajstić information content (AvgIpc) is 3.21. The van der Waals surface area contributed by atoms with Crippen LogP contribution in [0.2, 0.25) is 0 Å². The van der Waals surface area contributed by atoms with Crippen molar-refractivity contribution in [2.45, 2.75) is 31.5 Å². The van der Waals surface area contributed by atoms with Crippen LogP contribution < -0.4 is 0 Å². The number of nitro benzene ring substituents is 1. The number of rotatable bonds is 4. The number of non-ortho nitro benzene ring substituents is 1. The van der Waals surface area contributed by atoms with Crippen molar-refractivity contribution in [1.29, 1.82) is 0 Å². The fraction of sp³-hybridized carbons (Fsp3) is 0.333. The topological polar surface area (TPSA) is 71.6 Å². The molecule has 2 aliphatic heterocycles. The van der Waals surface area contributed by atoms with Gasteiger partial charge in [-0.25, -0.2) is 0 Å². The molecule has 1 aromatic heterocycles. The maximum absolute atomic E-state index is 11.2. The molecule has 2 aromatic rings. The third-order valence-electron chi connectivity index (χ3n) is 4.75. The van der Waals surface area contributed by atoms with Crippen LogP contribution in [0.3, 0.4) is 0 Å². The van der Waals surface area contributed by atoms with Gasteiger partial charge < -0.3 is 4.90 Å². The number of benzene rings is 1. The van der Waals surface area contributed by atoms with Crippen molar-refractivity contribution >= 4 is 22.6 Å². The minimum Gasteiger partial charge on any atom is -0.338 e. The van der Waals surface area contributed by atoms with Crippen molar-refractivity contribution < 1.29 is 4.92 Å². The highest BCUT2D eigenvalue weighted by Gasteiger charge is 2.45. The lowest BCUT2D eigenvalue weighted by atomic mass is 9.95. The SMILES string of the molecule is CC[C@H]1CSC2=N[C@@H](c3ccccn3)[C@@H](c3cccc([N+](=O)[O-])c3)N21. The lowest BCUT2D eigenvalue weighted by Gasteiger charge is -2.31. The third-order valence-corrected chi connectivity index (χ3v) is 5.88. The molecule has 128 valence electrons. The molecule has 0 saturated carbocycles. The number of aromatic nitrogens is 1. The molecule has 6 nitrogen and oxygen atoms in total. The Bertz CT molecular complexity index is 827. The van der Waals surface area contributed by atoms with Crippen LogP contribution in [0, 0.1) is 10.1 Å². The van der Waals surface area contributed by atoms with Gasteiger partial charge in [0, 0.05) is 30.1 Å². The summed E-state index contributed by atoms with van der Waals surface area (Å²) in [6, 6.07) is 13.0. The first-order chi connectivity index (χ1) is 12.2. The molecule has 3 heterocycles. The normalized spacial score (nSPS) is 24.9. The molecule has 0 aliphatic carbocycles. The largest absolute Gasteiger partial charge is 0.338 e. The Labute approximate surface area is 150 Å². The third kappa shape index (κ3) is 2.78. The zero-order valence-electron chi connectivity index (χ0n) is 13.8. The summed E-state index contributed by atoms with van der Waals surface area (Å²) in [4.78, 5) is 22.6. The minimum atomic E-state index is -0.341. The van der Waals surface area contributed by atoms with Gasteiger partial charge in [0.1, 0.15) is 6.04 Å². The van der Waals surface area contributed by atoms with E-state index in [1.54, 1.807) is 30.1 Å². The van der Waals surface area contributed by atoms with Crippen molar-refractivity contribution in [2.24, 2.45) is 4.99 Å². The molecule has 0 unspecified atom stereocenters. The highest BCUT2D eigenvalue weighted by atomic mass is 32.2. The van der Waals surface area contributed by atoms with E-state index in [0.29, 0.717) is 6.04 Å². The van der Waals surface area contributed by atoms with Gasteiger partial charge in [-0.15, -0.1) is 0 Å². The van der Waals surface area contributed by atoms with Gasteiger partial charge in [0.2, 0.25) is 0 Å². The molecule has 4 rings (SSSR count). The number of pyridine rings is 1. The molecular formula is C18H18N4O2S. The van der Waals surface area contributed by atoms with Gasteiger partial charge >= 0.3 is 0 Å². The first-order valence-corrected chi connectivity index (χ1v) is 9.32. The average molecular weight is 354 g/mol. The quantitative estimate of drug-likeness (QED) is 0.614. The van der Waals surface area contributed by atoms with E-state index < -0.39 is 0 Å². The summed E-state index contributed by atoms with van der Waals surface area (Å²) in [7, 11) is 0. The van der Waals surface area contributed by atoms with E-state index in [4.69, 9.17) is 4.99 Å². The minimum absolute atomic E-state index is 0.0512. The number of thioether (sulfide) groups is 1. The highest BCUT2D eigenvalue weighted by molar-refractivity contribution is 8.14. The monoisotopic (exact) mass is 354 g/mol. The van der Waals surface area contributed by atoms with Crippen LogP contribution in [0.4, 0.5) is 5.69 Å². The predicted octanol–water partition coefficient (Wildman–Crippen LogP) is 3.97. The molecule has 1 aromatic carbocycles. The summed E-state index contributed by atoms with van der Waals surface area (Å²) in [5.41, 5.74) is 1.94. The van der Waals surface area contributed by atoms with Crippen molar-refractivity contribution in [3.63, 3.8) is 0 Å². The summed E-state index contributed by atoms with van der Waals surface area (Å²) in [5.74, 6) is 1.01. The molecule has 0 radical (unpaired) electrons. The van der Waals surface area contributed by atoms with Gasteiger partial charge in [-0.3, -0.25) is 20.1 Å². The van der Waals surface area contributed by atoms with Crippen molar-refractivity contribution in [1.82, 2.24) is 9.88 Å². The maximum atomic E-state index is 11.2. The second-order valence-corrected chi connectivity index (χ2v) is 7.18. The van der Waals surface area contributed by atoms with Gasteiger partial charge in [0.05, 0.1) is 16.7 Å². The molecule has 0 bridgehead atoms. The summed E-state index contributed by atoms with van der Waals surface area (Å²) in [6.07, 6.45) is 2.79. The van der Waals surface area contributed by atoms with Crippen molar-refractivity contribution in [3.8, 4) is 0 Å². The van der Waals surface area contributed by atoms with Crippen LogP contribution in [0.5, 0.6) is 0 Å². The number of nitro groups is 1. The van der Waals surface area contributed by atoms with Gasteiger partial charge in [0.25, 0.3) is 5.69 Å². The van der Waals surface area contributed by atoms with Crippen LogP contribution >= 0.6 is 11.8 Å². The van der Waals surface area contributed by atoms with Gasteiger partial charge in [-0.1, -0.05) is 36.9 Å². The Kier molecular flexibility index (Phi) is 4.17. The first-order valence-electron chi connectivity index (χ1n) is 8.33. The van der Waals surface area contributed by atoms with E-state index in [-0.39, 0.29) is 22.7 Å². The molecule has 7 heteroatoms. The van der Waals surface area contributed by atoms with Crippen molar-refractivity contribution in [3.05, 3.63) is 70.0 Å². The van der Waals surface area contributed by atoms with Crippen LogP contribution in [0.15, 0.2) is 53.7 Å². The van der Waals surface area contributed by atoms with E-state index in [1.807, 2.05) is 24.3 Å². The molecule has 0 amide bonds. The first kappa shape index (κ1) is 16.1. The zero-order chi connectivity index (χ0) is 17.4. The number of hydrogen-bond donors (Lipinski definition) is 0. The number of amidine groups is 1. The molecule has 2 aliphatic rings. The summed E-state index contributed by atoms with van der Waals surface area (Å²) >= 11 is 1.77. The number of hydrogen-bond acceptors (Lipinski definition) is 6. The molecule has 0 N–H and O–H groups in total. The Morgan fingerprint density at radius 2 is 2.20 bits per heavy atom. The number of nitrogens with zero attached hydrogens (tertiary/aromatic N) is 4. The molecule has 3 atom stereocenters. The Morgan fingerprint density at radius 3 is 2.92 bits per heavy atom. The van der Waals surface area contributed by atoms with Crippen LogP contribution in [0.25, 0.3) is 0 Å². The smallest absolute Gasteiger partial charge is 0.269 e. The summed E-state index contributed by atoms with van der Waals surface area (Å²) in [5, 5.41) is 12.2. The number of fused-ring (bicyclic) bond motifs is 1. The lowest BCUT2D eigenvalue weighted by molar-refractivity contribution is -0.385. The maximum Gasteiger partial charge on any atom is 0.269 e. The van der Waals surface area contributed by atoms with E-state index in [1.165, 1.54) is 6.07 Å². The summed E-state index contributed by atoms with van der Waals surface area (Å²) < 4.78 is 0. The van der Waals surface area contributed by atoms with Crippen LogP contribution in [-0.4, -0.2) is 31.8 Å². The van der Waals surface area contributed by atoms with E-state index >= 15 is 0 Å². The Morgan fingerprint density at radius 1 is 1.32 bits per heavy atom. The van der Waals surface area contributed by atoms with Gasteiger partial charge in [-0.05, 0) is 24.1 Å². The van der Waals surface area contributed by atoms with E-state index in [2.05, 4.69) is 16.8 Å². The fourth-order valence-corrected chi connectivity index (χ4v) is 4.87. The van der Waals surface area contributed by atoms with Gasteiger partial charge in [-0.2, -0.15) is 0 Å². The molecule has 1 saturated heterocycles. The standard InChI is InChI=1S/C18H18N4O2S/c1-2-13-11-25-18-20-16(15-8-3-4-9-19-15)17(21(13)18)12-6-5-7-14(10-12)22(23)24/h3-10,13,16-17H,2,11H2,1H3/t13-,16-,17+/m0/s1. The van der Waals surface area contributed by atoms with Crippen LogP contribution in [-0.2, 0) is 0 Å². The zero-order valence-corrected chi connectivity index (χ0v) is 14.6.